The molecule has 1 fully saturated rings. The van der Waals surface area contributed by atoms with Crippen molar-refractivity contribution in [3.63, 3.8) is 0 Å². The number of hydrogen-bond acceptors (Lipinski definition) is 5. The average molecular weight is 183 g/mol. The van der Waals surface area contributed by atoms with Gasteiger partial charge in [-0.05, 0) is 30.7 Å². The van der Waals surface area contributed by atoms with Crippen molar-refractivity contribution in [3.05, 3.63) is 0 Å². The molecular weight excluding hydrogens is 170 g/mol. The third-order valence-corrected chi connectivity index (χ3v) is 2.83. The highest BCUT2D eigenvalue weighted by Crippen LogP contribution is 2.33. The smallest absolute Gasteiger partial charge is 0.240 e. The van der Waals surface area contributed by atoms with Gasteiger partial charge in [0.25, 0.3) is 0 Å². The SMILES string of the molecule is CC1OCCC1(C)n1nnnc1N. The molecule has 0 aliphatic carbocycles. The minimum atomic E-state index is -0.201. The summed E-state index contributed by atoms with van der Waals surface area (Å²) in [6.45, 7) is 4.79. The molecule has 2 heterocycles. The Kier molecular flexibility index (Phi) is 1.73. The van der Waals surface area contributed by atoms with E-state index in [1.54, 1.807) is 4.68 Å². The Labute approximate surface area is 76.1 Å². The minimum Gasteiger partial charge on any atom is -0.376 e. The third kappa shape index (κ3) is 1.09. The number of hydrogen-bond donors (Lipinski definition) is 1. The molecule has 2 N–H and O–H groups in total. The van der Waals surface area contributed by atoms with Crippen LogP contribution < -0.4 is 5.73 Å². The first-order valence-corrected chi connectivity index (χ1v) is 4.30. The predicted octanol–water partition coefficient (Wildman–Crippen LogP) is -0.221. The molecule has 0 aromatic carbocycles. The summed E-state index contributed by atoms with van der Waals surface area (Å²) in [6.07, 6.45) is 0.988. The summed E-state index contributed by atoms with van der Waals surface area (Å²) < 4.78 is 7.12. The van der Waals surface area contributed by atoms with Crippen LogP contribution in [0.1, 0.15) is 20.3 Å². The lowest BCUT2D eigenvalue weighted by atomic mass is 9.95. The molecule has 2 atom stereocenters. The first-order valence-electron chi connectivity index (χ1n) is 4.30. The number of aromatic nitrogens is 4. The molecule has 13 heavy (non-hydrogen) atoms. The number of tetrazole rings is 1. The number of ether oxygens (including phenoxy) is 1. The van der Waals surface area contributed by atoms with E-state index >= 15 is 0 Å². The van der Waals surface area contributed by atoms with Gasteiger partial charge in [-0.3, -0.25) is 0 Å². The zero-order valence-corrected chi connectivity index (χ0v) is 7.77. The second-order valence-electron chi connectivity index (χ2n) is 3.57. The van der Waals surface area contributed by atoms with E-state index in [2.05, 4.69) is 22.4 Å². The molecule has 0 radical (unpaired) electrons. The van der Waals surface area contributed by atoms with Gasteiger partial charge >= 0.3 is 0 Å². The lowest BCUT2D eigenvalue weighted by Gasteiger charge is -2.27. The first-order chi connectivity index (χ1) is 6.14. The van der Waals surface area contributed by atoms with E-state index in [-0.39, 0.29) is 11.6 Å². The van der Waals surface area contributed by atoms with Gasteiger partial charge in [-0.25, -0.2) is 4.68 Å². The number of nitrogen functional groups attached to an aromatic ring is 1. The molecule has 0 spiro atoms. The van der Waals surface area contributed by atoms with Crippen molar-refractivity contribution in [1.82, 2.24) is 20.2 Å². The maximum atomic E-state index is 5.64. The van der Waals surface area contributed by atoms with Gasteiger partial charge in [0.2, 0.25) is 5.95 Å². The zero-order chi connectivity index (χ0) is 9.47. The topological polar surface area (TPSA) is 78.8 Å². The Bertz CT molecular complexity index is 312. The second kappa shape index (κ2) is 2.66. The Balaban J connectivity index is 2.39. The molecule has 6 nitrogen and oxygen atoms in total. The highest BCUT2D eigenvalue weighted by atomic mass is 16.5. The summed E-state index contributed by atoms with van der Waals surface area (Å²) in [5.41, 5.74) is 5.44. The van der Waals surface area contributed by atoms with Crippen LogP contribution in [-0.2, 0) is 10.3 Å². The molecule has 2 rings (SSSR count). The molecular formula is C7H13N5O. The van der Waals surface area contributed by atoms with Gasteiger partial charge in [0.15, 0.2) is 0 Å². The van der Waals surface area contributed by atoms with Crippen LogP contribution >= 0.6 is 0 Å². The van der Waals surface area contributed by atoms with Crippen molar-refractivity contribution >= 4 is 5.95 Å². The van der Waals surface area contributed by atoms with Gasteiger partial charge < -0.3 is 10.5 Å². The minimum absolute atomic E-state index is 0.0956. The molecule has 1 saturated heterocycles. The van der Waals surface area contributed by atoms with E-state index < -0.39 is 0 Å². The lowest BCUT2D eigenvalue weighted by molar-refractivity contribution is 0.0709. The lowest BCUT2D eigenvalue weighted by Crippen LogP contribution is -2.38. The highest BCUT2D eigenvalue weighted by molar-refractivity contribution is 5.15. The summed E-state index contributed by atoms with van der Waals surface area (Å²) in [6, 6.07) is 0. The molecule has 2 unspecified atom stereocenters. The van der Waals surface area contributed by atoms with E-state index in [0.29, 0.717) is 5.95 Å². The van der Waals surface area contributed by atoms with Crippen molar-refractivity contribution in [2.75, 3.05) is 12.3 Å². The molecule has 0 saturated carbocycles. The van der Waals surface area contributed by atoms with Crippen molar-refractivity contribution in [1.29, 1.82) is 0 Å². The van der Waals surface area contributed by atoms with E-state index in [1.165, 1.54) is 0 Å². The fraction of sp³-hybridized carbons (Fsp3) is 0.857. The summed E-state index contributed by atoms with van der Waals surface area (Å²) in [5.74, 6) is 0.347. The van der Waals surface area contributed by atoms with Crippen molar-refractivity contribution in [3.8, 4) is 0 Å². The maximum absolute atomic E-state index is 5.64. The summed E-state index contributed by atoms with van der Waals surface area (Å²) in [5, 5.41) is 11.1. The largest absolute Gasteiger partial charge is 0.376 e. The molecule has 1 aliphatic heterocycles. The first kappa shape index (κ1) is 8.43. The monoisotopic (exact) mass is 183 g/mol. The van der Waals surface area contributed by atoms with Gasteiger partial charge in [-0.2, -0.15) is 0 Å². The molecule has 1 aliphatic rings. The van der Waals surface area contributed by atoms with Gasteiger partial charge in [-0.1, -0.05) is 5.10 Å². The Morgan fingerprint density at radius 1 is 1.69 bits per heavy atom. The molecule has 6 heteroatoms. The van der Waals surface area contributed by atoms with Gasteiger partial charge in [0.1, 0.15) is 0 Å². The predicted molar refractivity (Wildman–Crippen MR) is 45.9 cm³/mol. The van der Waals surface area contributed by atoms with E-state index in [9.17, 15) is 0 Å². The second-order valence-corrected chi connectivity index (χ2v) is 3.57. The fourth-order valence-electron chi connectivity index (χ4n) is 1.66. The van der Waals surface area contributed by atoms with Crippen molar-refractivity contribution in [2.45, 2.75) is 31.9 Å². The quantitative estimate of drug-likeness (QED) is 0.651. The number of anilines is 1. The van der Waals surface area contributed by atoms with Gasteiger partial charge in [-0.15, -0.1) is 0 Å². The Morgan fingerprint density at radius 3 is 2.92 bits per heavy atom. The van der Waals surface area contributed by atoms with E-state index in [0.717, 1.165) is 13.0 Å². The normalized spacial score (nSPS) is 33.8. The third-order valence-electron chi connectivity index (χ3n) is 2.83. The summed E-state index contributed by atoms with van der Waals surface area (Å²) >= 11 is 0. The zero-order valence-electron chi connectivity index (χ0n) is 7.77. The summed E-state index contributed by atoms with van der Waals surface area (Å²) in [4.78, 5) is 0. The Hall–Kier alpha value is -1.17. The van der Waals surface area contributed by atoms with E-state index in [1.807, 2.05) is 6.92 Å². The van der Waals surface area contributed by atoms with E-state index in [4.69, 9.17) is 10.5 Å². The number of nitrogens with zero attached hydrogens (tertiary/aromatic N) is 4. The average Bonchev–Trinajstić information content (AvgIpc) is 2.62. The Morgan fingerprint density at radius 2 is 2.46 bits per heavy atom. The van der Waals surface area contributed by atoms with Crippen LogP contribution in [-0.4, -0.2) is 32.9 Å². The van der Waals surface area contributed by atoms with Crippen LogP contribution in [0.25, 0.3) is 0 Å². The number of nitrogens with two attached hydrogens (primary N) is 1. The van der Waals surface area contributed by atoms with Crippen LogP contribution in [0.15, 0.2) is 0 Å². The molecule has 1 aromatic rings. The van der Waals surface area contributed by atoms with Crippen LogP contribution in [0.3, 0.4) is 0 Å². The van der Waals surface area contributed by atoms with Crippen LogP contribution in [0, 0.1) is 0 Å². The van der Waals surface area contributed by atoms with Crippen molar-refractivity contribution in [2.24, 2.45) is 0 Å². The number of rotatable bonds is 1. The molecule has 0 bridgehead atoms. The summed E-state index contributed by atoms with van der Waals surface area (Å²) in [7, 11) is 0. The van der Waals surface area contributed by atoms with Crippen LogP contribution in [0.5, 0.6) is 0 Å². The van der Waals surface area contributed by atoms with Crippen molar-refractivity contribution < 1.29 is 4.74 Å². The molecule has 72 valence electrons. The molecule has 0 amide bonds. The van der Waals surface area contributed by atoms with Gasteiger partial charge in [0, 0.05) is 6.61 Å². The standard InChI is InChI=1S/C7H13N5O/c1-5-7(2,3-4-13-5)12-6(8)9-10-11-12/h5H,3-4H2,1-2H3,(H2,8,9,11). The van der Waals surface area contributed by atoms with Gasteiger partial charge in [0.05, 0.1) is 11.6 Å². The highest BCUT2D eigenvalue weighted by Gasteiger charge is 2.41. The van der Waals surface area contributed by atoms with Crippen LogP contribution in [0.2, 0.25) is 0 Å². The fourth-order valence-corrected chi connectivity index (χ4v) is 1.66. The maximum Gasteiger partial charge on any atom is 0.240 e. The molecule has 1 aromatic heterocycles. The van der Waals surface area contributed by atoms with Crippen LogP contribution in [0.4, 0.5) is 5.95 Å².